The summed E-state index contributed by atoms with van der Waals surface area (Å²) in [5.41, 5.74) is 9.51. The second kappa shape index (κ2) is 13.0. The number of hydrogen-bond donors (Lipinski definition) is 2. The molecule has 2 amide bonds. The Labute approximate surface area is 239 Å². The van der Waals surface area contributed by atoms with Crippen LogP contribution in [0.3, 0.4) is 0 Å². The Morgan fingerprint density at radius 1 is 1.20 bits per heavy atom. The van der Waals surface area contributed by atoms with Crippen molar-refractivity contribution in [1.82, 2.24) is 29.9 Å². The summed E-state index contributed by atoms with van der Waals surface area (Å²) in [5, 5.41) is 6.75. The first kappa shape index (κ1) is 28.4. The number of ether oxygens (including phenoxy) is 1. The molecule has 216 valence electrons. The second-order valence-corrected chi connectivity index (χ2v) is 10.5. The molecule has 2 atom stereocenters. The number of piperidine rings is 1. The molecule has 0 aliphatic carbocycles. The fourth-order valence-corrected chi connectivity index (χ4v) is 5.39. The van der Waals surface area contributed by atoms with Crippen LogP contribution in [-0.2, 0) is 16.1 Å². The maximum absolute atomic E-state index is 13.2. The summed E-state index contributed by atoms with van der Waals surface area (Å²) >= 11 is 0. The molecule has 0 saturated carbocycles. The van der Waals surface area contributed by atoms with Crippen molar-refractivity contribution >= 4 is 22.8 Å². The summed E-state index contributed by atoms with van der Waals surface area (Å²) in [6, 6.07) is 14.6. The third kappa shape index (κ3) is 6.80. The molecule has 1 aliphatic heterocycles. The second-order valence-electron chi connectivity index (χ2n) is 10.5. The monoisotopic (exact) mass is 559 g/mol. The van der Waals surface area contributed by atoms with E-state index in [1.807, 2.05) is 29.2 Å². The summed E-state index contributed by atoms with van der Waals surface area (Å²) in [5.74, 6) is 1.76. The molecular weight excluding hydrogens is 522 g/mol. The molecule has 0 spiro atoms. The van der Waals surface area contributed by atoms with Crippen molar-refractivity contribution in [3.05, 3.63) is 65.8 Å². The third-order valence-electron chi connectivity index (χ3n) is 7.43. The predicted octanol–water partition coefficient (Wildman–Crippen LogP) is 3.28. The lowest BCUT2D eigenvalue weighted by Crippen LogP contribution is -2.45. The van der Waals surface area contributed by atoms with Crippen LogP contribution in [0, 0.1) is 6.92 Å². The Balaban J connectivity index is 1.17. The molecule has 0 bridgehead atoms. The smallest absolute Gasteiger partial charge is 0.251 e. The first-order valence-corrected chi connectivity index (χ1v) is 14.1. The first-order chi connectivity index (χ1) is 19.9. The maximum Gasteiger partial charge on any atom is 0.251 e. The van der Waals surface area contributed by atoms with Crippen LogP contribution >= 0.6 is 0 Å². The van der Waals surface area contributed by atoms with Crippen LogP contribution in [0.5, 0.6) is 0 Å². The van der Waals surface area contributed by atoms with Gasteiger partial charge in [0.15, 0.2) is 0 Å². The first-order valence-electron chi connectivity index (χ1n) is 14.1. The molecule has 0 unspecified atom stereocenters. The maximum atomic E-state index is 13.2. The van der Waals surface area contributed by atoms with Crippen molar-refractivity contribution in [2.24, 2.45) is 5.73 Å². The van der Waals surface area contributed by atoms with E-state index in [1.54, 1.807) is 32.2 Å². The van der Waals surface area contributed by atoms with E-state index in [1.165, 1.54) is 0 Å². The van der Waals surface area contributed by atoms with E-state index in [9.17, 15) is 9.59 Å². The Morgan fingerprint density at radius 3 is 2.85 bits per heavy atom. The van der Waals surface area contributed by atoms with E-state index >= 15 is 0 Å². The van der Waals surface area contributed by atoms with Crippen molar-refractivity contribution in [1.29, 1.82) is 0 Å². The number of nitrogens with zero attached hydrogens (tertiary/aromatic N) is 5. The largest absolute Gasteiger partial charge is 0.385 e. The van der Waals surface area contributed by atoms with Gasteiger partial charge in [0.2, 0.25) is 17.6 Å². The minimum Gasteiger partial charge on any atom is -0.385 e. The van der Waals surface area contributed by atoms with Crippen LogP contribution in [0.4, 0.5) is 0 Å². The normalized spacial score (nSPS) is 16.2. The molecule has 2 aromatic heterocycles. The molecule has 11 nitrogen and oxygen atoms in total. The molecule has 2 aromatic carbocycles. The van der Waals surface area contributed by atoms with Crippen LogP contribution in [-0.4, -0.2) is 75.8 Å². The van der Waals surface area contributed by atoms with Gasteiger partial charge in [-0.1, -0.05) is 29.4 Å². The number of carbonyl (C=O) groups is 2. The SMILES string of the molecule is COCCCn1c([C@@H]2CCCN(C(=O)C[C@@H](N)CNC(=O)c3cccc(-c4noc(C)n4)c3)C2)nc2ccccc21. The van der Waals surface area contributed by atoms with Gasteiger partial charge in [-0.05, 0) is 43.5 Å². The minimum absolute atomic E-state index is 0.00651. The number of benzene rings is 2. The van der Waals surface area contributed by atoms with Gasteiger partial charge in [-0.15, -0.1) is 0 Å². The number of carbonyl (C=O) groups excluding carboxylic acids is 2. The number of hydrogen-bond acceptors (Lipinski definition) is 8. The Hall–Kier alpha value is -4.09. The van der Waals surface area contributed by atoms with E-state index in [4.69, 9.17) is 20.0 Å². The van der Waals surface area contributed by atoms with Gasteiger partial charge in [-0.3, -0.25) is 9.59 Å². The average molecular weight is 560 g/mol. The fraction of sp³-hybridized carbons (Fsp3) is 0.433. The third-order valence-corrected chi connectivity index (χ3v) is 7.43. The van der Waals surface area contributed by atoms with Crippen molar-refractivity contribution in [3.63, 3.8) is 0 Å². The van der Waals surface area contributed by atoms with Gasteiger partial charge in [-0.2, -0.15) is 4.98 Å². The summed E-state index contributed by atoms with van der Waals surface area (Å²) in [4.78, 5) is 37.1. The lowest BCUT2D eigenvalue weighted by molar-refractivity contribution is -0.132. The highest BCUT2D eigenvalue weighted by Gasteiger charge is 2.29. The van der Waals surface area contributed by atoms with Gasteiger partial charge in [0.25, 0.3) is 5.91 Å². The van der Waals surface area contributed by atoms with Gasteiger partial charge in [-0.25, -0.2) is 4.98 Å². The van der Waals surface area contributed by atoms with Crippen molar-refractivity contribution < 1.29 is 18.8 Å². The van der Waals surface area contributed by atoms with E-state index in [2.05, 4.69) is 26.1 Å². The molecule has 11 heteroatoms. The lowest BCUT2D eigenvalue weighted by Gasteiger charge is -2.33. The van der Waals surface area contributed by atoms with Gasteiger partial charge in [0.1, 0.15) is 5.82 Å². The molecule has 5 rings (SSSR count). The van der Waals surface area contributed by atoms with E-state index in [-0.39, 0.29) is 30.7 Å². The number of aromatic nitrogens is 4. The quantitative estimate of drug-likeness (QED) is 0.267. The molecule has 1 saturated heterocycles. The predicted molar refractivity (Wildman–Crippen MR) is 154 cm³/mol. The standard InChI is InChI=1S/C30H37N7O4/c1-20-33-28(35-41-20)21-8-5-9-22(16-21)30(39)32-18-24(31)17-27(38)36-13-6-10-23(19-36)29-34-25-11-3-4-12-26(25)37(29)14-7-15-40-2/h3-5,8-9,11-12,16,23-24H,6-7,10,13-15,17-19,31H2,1-2H3,(H,32,39)/t23-,24-/m1/s1. The zero-order valence-electron chi connectivity index (χ0n) is 23.6. The summed E-state index contributed by atoms with van der Waals surface area (Å²) in [6.07, 6.45) is 2.92. The van der Waals surface area contributed by atoms with Crippen LogP contribution in [0.2, 0.25) is 0 Å². The Kier molecular flexibility index (Phi) is 9.05. The molecule has 3 heterocycles. The molecule has 4 aromatic rings. The number of fused-ring (bicyclic) bond motifs is 1. The van der Waals surface area contributed by atoms with Gasteiger partial charge in [0.05, 0.1) is 11.0 Å². The number of rotatable bonds is 11. The minimum atomic E-state index is -0.506. The molecule has 3 N–H and O–H groups in total. The van der Waals surface area contributed by atoms with Crippen molar-refractivity contribution in [2.75, 3.05) is 33.4 Å². The molecule has 1 aliphatic rings. The van der Waals surface area contributed by atoms with Gasteiger partial charge >= 0.3 is 0 Å². The van der Waals surface area contributed by atoms with E-state index in [0.717, 1.165) is 42.7 Å². The Morgan fingerprint density at radius 2 is 2.05 bits per heavy atom. The number of nitrogens with one attached hydrogen (secondary N) is 1. The van der Waals surface area contributed by atoms with Crippen LogP contribution in [0.1, 0.15) is 53.7 Å². The highest BCUT2D eigenvalue weighted by Crippen LogP contribution is 2.30. The molecule has 1 fully saturated rings. The van der Waals surface area contributed by atoms with E-state index < -0.39 is 6.04 Å². The fourth-order valence-electron chi connectivity index (χ4n) is 5.39. The lowest BCUT2D eigenvalue weighted by atomic mass is 9.96. The van der Waals surface area contributed by atoms with Crippen LogP contribution in [0.25, 0.3) is 22.4 Å². The number of imidazole rings is 1. The molecule has 0 radical (unpaired) electrons. The average Bonchev–Trinajstić information content (AvgIpc) is 3.60. The highest BCUT2D eigenvalue weighted by molar-refractivity contribution is 5.95. The summed E-state index contributed by atoms with van der Waals surface area (Å²) in [6.45, 7) is 4.69. The van der Waals surface area contributed by atoms with Crippen LogP contribution in [0.15, 0.2) is 53.1 Å². The van der Waals surface area contributed by atoms with E-state index in [0.29, 0.717) is 42.5 Å². The van der Waals surface area contributed by atoms with Crippen molar-refractivity contribution in [3.8, 4) is 11.4 Å². The zero-order chi connectivity index (χ0) is 28.8. The number of aryl methyl sites for hydroxylation is 2. The number of para-hydroxylation sites is 2. The number of likely N-dealkylation sites (tertiary alicyclic amines) is 1. The number of amides is 2. The van der Waals surface area contributed by atoms with Crippen molar-refractivity contribution in [2.45, 2.75) is 51.1 Å². The van der Waals surface area contributed by atoms with Gasteiger partial charge in [0, 0.05) is 76.3 Å². The number of nitrogens with two attached hydrogens (primary N) is 1. The summed E-state index contributed by atoms with van der Waals surface area (Å²) < 4.78 is 12.6. The van der Waals surface area contributed by atoms with Crippen LogP contribution < -0.4 is 11.1 Å². The topological polar surface area (TPSA) is 141 Å². The highest BCUT2D eigenvalue weighted by atomic mass is 16.5. The van der Waals surface area contributed by atoms with Gasteiger partial charge < -0.3 is 29.8 Å². The zero-order valence-corrected chi connectivity index (χ0v) is 23.6. The Bertz CT molecular complexity index is 1500. The summed E-state index contributed by atoms with van der Waals surface area (Å²) in [7, 11) is 1.71. The molecular formula is C30H37N7O4. The molecule has 41 heavy (non-hydrogen) atoms. The number of methoxy groups -OCH3 is 1.